The van der Waals surface area contributed by atoms with E-state index in [-0.39, 0.29) is 11.5 Å². The zero-order valence-corrected chi connectivity index (χ0v) is 20.5. The van der Waals surface area contributed by atoms with Crippen LogP contribution in [0.4, 0.5) is 4.39 Å². The Bertz CT molecular complexity index is 1230. The van der Waals surface area contributed by atoms with E-state index >= 15 is 0 Å². The van der Waals surface area contributed by atoms with Crippen LogP contribution in [0.25, 0.3) is 0 Å². The minimum Gasteiger partial charge on any atom is -0.490 e. The van der Waals surface area contributed by atoms with Crippen LogP contribution in [0.5, 0.6) is 5.75 Å². The molecule has 1 aliphatic carbocycles. The number of hydrogen-bond acceptors (Lipinski definition) is 6. The van der Waals surface area contributed by atoms with Gasteiger partial charge in [0.1, 0.15) is 0 Å². The molecule has 0 radical (unpaired) electrons. The largest absolute Gasteiger partial charge is 0.490 e. The molecular weight excluding hydrogens is 475 g/mol. The molecule has 2 heterocycles. The molecule has 1 aliphatic heterocycles. The summed E-state index contributed by atoms with van der Waals surface area (Å²) in [5.74, 6) is 0.161. The van der Waals surface area contributed by atoms with E-state index in [9.17, 15) is 22.4 Å². The fraction of sp³-hybridized carbons (Fsp3) is 0.583. The van der Waals surface area contributed by atoms with Crippen LogP contribution < -0.4 is 26.0 Å². The standard InChI is InChI=1S/C24H33FN4O5S/c25-20-7-6-19(16-21(20)34-17-18-4-5-18)24(9-11-26-12-10-24)28-35(32,33)15-3-1-2-13-29-14-8-22(30)27-23(29)31/h6-8,14,16,18,26,28H,1-5,9-13,15,17H2,(H,27,30,31). The minimum absolute atomic E-state index is 0.0467. The van der Waals surface area contributed by atoms with E-state index in [0.29, 0.717) is 69.8 Å². The number of rotatable bonds is 12. The molecule has 9 nitrogen and oxygen atoms in total. The molecule has 1 saturated heterocycles. The molecule has 2 fully saturated rings. The molecule has 35 heavy (non-hydrogen) atoms. The number of ether oxygens (including phenoxy) is 1. The van der Waals surface area contributed by atoms with Gasteiger partial charge >= 0.3 is 5.69 Å². The van der Waals surface area contributed by atoms with Crippen molar-refractivity contribution in [2.24, 2.45) is 5.92 Å². The molecule has 2 aromatic rings. The van der Waals surface area contributed by atoms with Crippen molar-refractivity contribution in [3.63, 3.8) is 0 Å². The first-order valence-electron chi connectivity index (χ1n) is 12.2. The van der Waals surface area contributed by atoms with Crippen LogP contribution in [-0.4, -0.2) is 43.4 Å². The maximum Gasteiger partial charge on any atom is 0.328 e. The highest BCUT2D eigenvalue weighted by atomic mass is 32.2. The first-order chi connectivity index (χ1) is 16.8. The van der Waals surface area contributed by atoms with E-state index < -0.39 is 32.6 Å². The van der Waals surface area contributed by atoms with E-state index in [0.717, 1.165) is 12.8 Å². The Hall–Kier alpha value is -2.50. The molecule has 0 spiro atoms. The SMILES string of the molecule is O=c1ccn(CCCCCS(=O)(=O)NC2(c3ccc(F)c(OCC4CC4)c3)CCNCC2)c(=O)[nH]1. The molecule has 0 amide bonds. The molecule has 1 aromatic carbocycles. The Morgan fingerprint density at radius 3 is 2.60 bits per heavy atom. The monoisotopic (exact) mass is 508 g/mol. The van der Waals surface area contributed by atoms with E-state index in [4.69, 9.17) is 4.74 Å². The highest BCUT2D eigenvalue weighted by Crippen LogP contribution is 2.36. The van der Waals surface area contributed by atoms with Crippen molar-refractivity contribution in [1.82, 2.24) is 19.6 Å². The molecule has 1 aromatic heterocycles. The number of piperidine rings is 1. The Labute approximate surface area is 204 Å². The Morgan fingerprint density at radius 2 is 1.89 bits per heavy atom. The number of nitrogens with zero attached hydrogens (tertiary/aromatic N) is 1. The van der Waals surface area contributed by atoms with Crippen molar-refractivity contribution in [2.45, 2.75) is 57.0 Å². The fourth-order valence-electron chi connectivity index (χ4n) is 4.43. The number of sulfonamides is 1. The van der Waals surface area contributed by atoms with Gasteiger partial charge in [0.05, 0.1) is 17.9 Å². The third kappa shape index (κ3) is 7.02. The summed E-state index contributed by atoms with van der Waals surface area (Å²) in [4.78, 5) is 25.1. The molecule has 4 rings (SSSR count). The van der Waals surface area contributed by atoms with Gasteiger partial charge < -0.3 is 14.6 Å². The van der Waals surface area contributed by atoms with Gasteiger partial charge in [-0.2, -0.15) is 0 Å². The summed E-state index contributed by atoms with van der Waals surface area (Å²) in [5, 5.41) is 3.26. The molecule has 11 heteroatoms. The van der Waals surface area contributed by atoms with Crippen LogP contribution in [0.15, 0.2) is 40.1 Å². The van der Waals surface area contributed by atoms with Crippen molar-refractivity contribution in [3.05, 3.63) is 62.7 Å². The Balaban J connectivity index is 1.37. The molecule has 192 valence electrons. The lowest BCUT2D eigenvalue weighted by molar-refractivity contribution is 0.273. The second kappa shape index (κ2) is 11.0. The lowest BCUT2D eigenvalue weighted by Crippen LogP contribution is -2.52. The van der Waals surface area contributed by atoms with Gasteiger partial charge in [-0.15, -0.1) is 0 Å². The van der Waals surface area contributed by atoms with Gasteiger partial charge in [0.15, 0.2) is 11.6 Å². The number of H-pyrrole nitrogens is 1. The molecule has 2 aliphatic rings. The lowest BCUT2D eigenvalue weighted by atomic mass is 9.82. The number of halogens is 1. The zero-order valence-electron chi connectivity index (χ0n) is 19.7. The van der Waals surface area contributed by atoms with Crippen molar-refractivity contribution >= 4 is 10.0 Å². The van der Waals surface area contributed by atoms with Crippen LogP contribution in [0, 0.1) is 11.7 Å². The van der Waals surface area contributed by atoms with E-state index in [1.807, 2.05) is 0 Å². The van der Waals surface area contributed by atoms with Gasteiger partial charge in [0, 0.05) is 18.8 Å². The highest BCUT2D eigenvalue weighted by molar-refractivity contribution is 7.89. The summed E-state index contributed by atoms with van der Waals surface area (Å²) in [6.07, 6.45) is 6.38. The molecule has 1 saturated carbocycles. The summed E-state index contributed by atoms with van der Waals surface area (Å²) in [7, 11) is -3.61. The predicted octanol–water partition coefficient (Wildman–Crippen LogP) is 1.83. The van der Waals surface area contributed by atoms with Crippen LogP contribution in [0.2, 0.25) is 0 Å². The molecule has 0 unspecified atom stereocenters. The zero-order chi connectivity index (χ0) is 24.9. The smallest absolute Gasteiger partial charge is 0.328 e. The van der Waals surface area contributed by atoms with Crippen molar-refractivity contribution in [1.29, 1.82) is 0 Å². The third-order valence-corrected chi connectivity index (χ3v) is 8.20. The van der Waals surface area contributed by atoms with Crippen LogP contribution in [0.3, 0.4) is 0 Å². The number of aryl methyl sites for hydroxylation is 1. The molecular formula is C24H33FN4O5S. The Kier molecular flexibility index (Phi) is 8.08. The third-order valence-electron chi connectivity index (χ3n) is 6.67. The summed E-state index contributed by atoms with van der Waals surface area (Å²) >= 11 is 0. The normalized spacial score (nSPS) is 17.9. The molecule has 0 bridgehead atoms. The predicted molar refractivity (Wildman–Crippen MR) is 130 cm³/mol. The first-order valence-corrected chi connectivity index (χ1v) is 13.9. The Morgan fingerprint density at radius 1 is 1.11 bits per heavy atom. The van der Waals surface area contributed by atoms with Gasteiger partial charge in [-0.05, 0) is 75.2 Å². The maximum atomic E-state index is 14.4. The van der Waals surface area contributed by atoms with Crippen LogP contribution in [-0.2, 0) is 22.1 Å². The number of aromatic amines is 1. The number of nitrogens with one attached hydrogen (secondary N) is 3. The summed E-state index contributed by atoms with van der Waals surface area (Å²) < 4.78 is 50.5. The van der Waals surface area contributed by atoms with Gasteiger partial charge in [-0.3, -0.25) is 9.78 Å². The number of aromatic nitrogens is 2. The second-order valence-electron chi connectivity index (χ2n) is 9.52. The lowest BCUT2D eigenvalue weighted by Gasteiger charge is -2.39. The second-order valence-corrected chi connectivity index (χ2v) is 11.4. The van der Waals surface area contributed by atoms with E-state index in [2.05, 4.69) is 15.0 Å². The van der Waals surface area contributed by atoms with Crippen LogP contribution >= 0.6 is 0 Å². The van der Waals surface area contributed by atoms with Gasteiger partial charge in [-0.25, -0.2) is 22.3 Å². The topological polar surface area (TPSA) is 122 Å². The van der Waals surface area contributed by atoms with Gasteiger partial charge in [0.2, 0.25) is 10.0 Å². The fourth-order valence-corrected chi connectivity index (χ4v) is 6.03. The highest BCUT2D eigenvalue weighted by Gasteiger charge is 2.38. The summed E-state index contributed by atoms with van der Waals surface area (Å²) in [6.45, 7) is 2.17. The average molecular weight is 509 g/mol. The number of hydrogen-bond donors (Lipinski definition) is 3. The first kappa shape index (κ1) is 25.6. The maximum absolute atomic E-state index is 14.4. The van der Waals surface area contributed by atoms with Crippen molar-refractivity contribution in [3.8, 4) is 5.75 Å². The van der Waals surface area contributed by atoms with Crippen molar-refractivity contribution < 1.29 is 17.5 Å². The minimum atomic E-state index is -3.61. The number of benzene rings is 1. The number of unbranched alkanes of at least 4 members (excludes halogenated alkanes) is 2. The van der Waals surface area contributed by atoms with Gasteiger partial charge in [-0.1, -0.05) is 12.5 Å². The van der Waals surface area contributed by atoms with Gasteiger partial charge in [0.25, 0.3) is 5.56 Å². The quantitative estimate of drug-likeness (QED) is 0.376. The van der Waals surface area contributed by atoms with E-state index in [1.54, 1.807) is 12.1 Å². The molecule has 3 N–H and O–H groups in total. The van der Waals surface area contributed by atoms with E-state index in [1.165, 1.54) is 22.9 Å². The summed E-state index contributed by atoms with van der Waals surface area (Å²) in [5.41, 5.74) is -1.02. The molecule has 0 atom stereocenters. The summed E-state index contributed by atoms with van der Waals surface area (Å²) in [6, 6.07) is 5.93. The van der Waals surface area contributed by atoms with Crippen LogP contribution in [0.1, 0.15) is 50.5 Å². The van der Waals surface area contributed by atoms with Crippen molar-refractivity contribution in [2.75, 3.05) is 25.4 Å². The average Bonchev–Trinajstić information content (AvgIpc) is 3.64.